The highest BCUT2D eigenvalue weighted by Crippen LogP contribution is 2.26. The third-order valence-electron chi connectivity index (χ3n) is 2.54. The van der Waals surface area contributed by atoms with Gasteiger partial charge in [-0.15, -0.1) is 10.2 Å². The molecule has 0 atom stereocenters. The minimum absolute atomic E-state index is 0.0460. The summed E-state index contributed by atoms with van der Waals surface area (Å²) in [6, 6.07) is 5.46. The minimum Gasteiger partial charge on any atom is -0.398 e. The van der Waals surface area contributed by atoms with Crippen molar-refractivity contribution in [3.05, 3.63) is 40.0 Å². The van der Waals surface area contributed by atoms with Crippen molar-refractivity contribution in [2.75, 3.05) is 10.5 Å². The van der Waals surface area contributed by atoms with Gasteiger partial charge in [0.25, 0.3) is 10.0 Å². The van der Waals surface area contributed by atoms with Crippen molar-refractivity contribution in [3.8, 4) is 0 Å². The van der Waals surface area contributed by atoms with E-state index in [1.54, 1.807) is 6.92 Å². The van der Waals surface area contributed by atoms with E-state index in [2.05, 4.69) is 14.9 Å². The zero-order chi connectivity index (χ0) is 14.9. The Morgan fingerprint density at radius 1 is 1.20 bits per heavy atom. The molecule has 1 heterocycles. The Kier molecular flexibility index (Phi) is 4.03. The molecule has 0 saturated heterocycles. The van der Waals surface area contributed by atoms with Crippen LogP contribution in [0.25, 0.3) is 0 Å². The quantitative estimate of drug-likeness (QED) is 0.841. The number of nitrogens with zero attached hydrogens (tertiary/aromatic N) is 2. The zero-order valence-electron chi connectivity index (χ0n) is 10.3. The summed E-state index contributed by atoms with van der Waals surface area (Å²) in [7, 11) is -3.85. The van der Waals surface area contributed by atoms with E-state index >= 15 is 0 Å². The van der Waals surface area contributed by atoms with Crippen LogP contribution in [0.5, 0.6) is 0 Å². The van der Waals surface area contributed by atoms with Crippen molar-refractivity contribution in [3.63, 3.8) is 0 Å². The number of sulfonamides is 1. The lowest BCUT2D eigenvalue weighted by molar-refractivity contribution is 0.601. The molecule has 0 radical (unpaired) electrons. The van der Waals surface area contributed by atoms with Gasteiger partial charge in [0.05, 0.1) is 4.90 Å². The van der Waals surface area contributed by atoms with Crippen LogP contribution in [0.2, 0.25) is 10.2 Å². The van der Waals surface area contributed by atoms with Gasteiger partial charge in [0.15, 0.2) is 11.0 Å². The summed E-state index contributed by atoms with van der Waals surface area (Å²) in [5, 5.41) is 7.59. The van der Waals surface area contributed by atoms with E-state index in [-0.39, 0.29) is 20.9 Å². The highest BCUT2D eigenvalue weighted by Gasteiger charge is 2.17. The number of hydrogen-bond acceptors (Lipinski definition) is 5. The maximum atomic E-state index is 12.2. The lowest BCUT2D eigenvalue weighted by Gasteiger charge is -2.10. The fourth-order valence-electron chi connectivity index (χ4n) is 1.40. The zero-order valence-corrected chi connectivity index (χ0v) is 12.6. The van der Waals surface area contributed by atoms with E-state index in [1.165, 1.54) is 24.3 Å². The van der Waals surface area contributed by atoms with Gasteiger partial charge in [-0.3, -0.25) is 4.72 Å². The topological polar surface area (TPSA) is 98.0 Å². The van der Waals surface area contributed by atoms with Crippen molar-refractivity contribution < 1.29 is 8.42 Å². The molecule has 20 heavy (non-hydrogen) atoms. The second-order valence-electron chi connectivity index (χ2n) is 3.97. The molecule has 0 spiro atoms. The Balaban J connectivity index is 2.38. The molecule has 2 rings (SSSR count). The van der Waals surface area contributed by atoms with Crippen LogP contribution >= 0.6 is 23.2 Å². The Hall–Kier alpha value is -1.57. The Labute approximate surface area is 126 Å². The summed E-state index contributed by atoms with van der Waals surface area (Å²) in [4.78, 5) is -0.0534. The van der Waals surface area contributed by atoms with E-state index in [4.69, 9.17) is 28.9 Å². The second kappa shape index (κ2) is 5.43. The monoisotopic (exact) mass is 332 g/mol. The van der Waals surface area contributed by atoms with Crippen LogP contribution in [-0.4, -0.2) is 18.6 Å². The van der Waals surface area contributed by atoms with Crippen LogP contribution in [0.3, 0.4) is 0 Å². The molecule has 1 aromatic carbocycles. The van der Waals surface area contributed by atoms with Crippen molar-refractivity contribution in [1.29, 1.82) is 0 Å². The number of hydrogen-bond donors (Lipinski definition) is 2. The van der Waals surface area contributed by atoms with Crippen molar-refractivity contribution >= 4 is 44.7 Å². The lowest BCUT2D eigenvalue weighted by atomic mass is 10.2. The molecule has 0 amide bonds. The van der Waals surface area contributed by atoms with Crippen LogP contribution in [0.4, 0.5) is 11.5 Å². The first kappa shape index (κ1) is 14.8. The van der Waals surface area contributed by atoms with Crippen molar-refractivity contribution in [2.24, 2.45) is 0 Å². The summed E-state index contributed by atoms with van der Waals surface area (Å²) in [5.41, 5.74) is 6.62. The van der Waals surface area contributed by atoms with E-state index in [1.807, 2.05) is 0 Å². The number of nitrogens with two attached hydrogens (primary N) is 1. The first-order valence-corrected chi connectivity index (χ1v) is 7.61. The van der Waals surface area contributed by atoms with Gasteiger partial charge in [-0.05, 0) is 36.8 Å². The van der Waals surface area contributed by atoms with Gasteiger partial charge in [-0.1, -0.05) is 23.2 Å². The van der Waals surface area contributed by atoms with Gasteiger partial charge < -0.3 is 5.73 Å². The normalized spacial score (nSPS) is 11.3. The van der Waals surface area contributed by atoms with Crippen molar-refractivity contribution in [1.82, 2.24) is 10.2 Å². The maximum Gasteiger partial charge on any atom is 0.263 e. The third-order valence-corrected chi connectivity index (χ3v) is 4.47. The second-order valence-corrected chi connectivity index (χ2v) is 6.44. The first-order chi connectivity index (χ1) is 9.29. The molecular weight excluding hydrogens is 323 g/mol. The van der Waals surface area contributed by atoms with Crippen LogP contribution < -0.4 is 10.5 Å². The summed E-state index contributed by atoms with van der Waals surface area (Å²) in [5.74, 6) is 0.0460. The highest BCUT2D eigenvalue weighted by atomic mass is 35.5. The highest BCUT2D eigenvalue weighted by molar-refractivity contribution is 7.92. The van der Waals surface area contributed by atoms with Gasteiger partial charge in [0, 0.05) is 10.7 Å². The number of anilines is 2. The molecule has 0 aliphatic rings. The van der Waals surface area contributed by atoms with Gasteiger partial charge in [0.2, 0.25) is 0 Å². The number of benzene rings is 1. The number of nitrogens with one attached hydrogen (secondary N) is 1. The average Bonchev–Trinajstić information content (AvgIpc) is 2.38. The van der Waals surface area contributed by atoms with Crippen LogP contribution in [0.15, 0.2) is 29.2 Å². The average molecular weight is 333 g/mol. The van der Waals surface area contributed by atoms with Gasteiger partial charge in [-0.2, -0.15) is 0 Å². The standard InChI is InChI=1S/C11H10Cl2N4O2S/c1-6-8(12)4-7(5-9(6)14)20(18,19)17-11-3-2-10(13)15-16-11/h2-5H,14H2,1H3,(H,16,17). The maximum absolute atomic E-state index is 12.2. The molecule has 9 heteroatoms. The van der Waals surface area contributed by atoms with E-state index in [0.717, 1.165) is 0 Å². The van der Waals surface area contributed by atoms with Gasteiger partial charge in [-0.25, -0.2) is 8.42 Å². The van der Waals surface area contributed by atoms with Gasteiger partial charge in [0.1, 0.15) is 0 Å². The summed E-state index contributed by atoms with van der Waals surface area (Å²) in [6.07, 6.45) is 0. The van der Waals surface area contributed by atoms with Crippen molar-refractivity contribution in [2.45, 2.75) is 11.8 Å². The molecule has 0 saturated carbocycles. The Morgan fingerprint density at radius 2 is 1.90 bits per heavy atom. The largest absolute Gasteiger partial charge is 0.398 e. The molecule has 6 nitrogen and oxygen atoms in total. The number of nitrogen functional groups attached to an aromatic ring is 1. The Bertz CT molecular complexity index is 725. The molecule has 3 N–H and O–H groups in total. The summed E-state index contributed by atoms with van der Waals surface area (Å²) < 4.78 is 26.6. The number of aromatic nitrogens is 2. The summed E-state index contributed by atoms with van der Waals surface area (Å²) in [6.45, 7) is 1.70. The Morgan fingerprint density at radius 3 is 2.45 bits per heavy atom. The molecule has 0 unspecified atom stereocenters. The fraction of sp³-hybridized carbons (Fsp3) is 0.0909. The molecule has 0 aliphatic heterocycles. The first-order valence-electron chi connectivity index (χ1n) is 5.37. The predicted octanol–water partition coefficient (Wildman–Crippen LogP) is 2.47. The molecule has 0 aliphatic carbocycles. The lowest BCUT2D eigenvalue weighted by Crippen LogP contribution is -2.15. The molecule has 2 aromatic rings. The van der Waals surface area contributed by atoms with Gasteiger partial charge >= 0.3 is 0 Å². The predicted molar refractivity (Wildman–Crippen MR) is 78.5 cm³/mol. The third kappa shape index (κ3) is 3.12. The number of rotatable bonds is 3. The SMILES string of the molecule is Cc1c(N)cc(S(=O)(=O)Nc2ccc(Cl)nn2)cc1Cl. The van der Waals surface area contributed by atoms with Crippen LogP contribution in [-0.2, 0) is 10.0 Å². The van der Waals surface area contributed by atoms with E-state index in [9.17, 15) is 8.42 Å². The van der Waals surface area contributed by atoms with E-state index in [0.29, 0.717) is 11.3 Å². The summed E-state index contributed by atoms with van der Waals surface area (Å²) >= 11 is 11.5. The van der Waals surface area contributed by atoms with Crippen LogP contribution in [0.1, 0.15) is 5.56 Å². The number of halogens is 2. The molecule has 1 aromatic heterocycles. The molecular formula is C11H10Cl2N4O2S. The fourth-order valence-corrected chi connectivity index (χ4v) is 2.85. The smallest absolute Gasteiger partial charge is 0.263 e. The molecule has 106 valence electrons. The minimum atomic E-state index is -3.85. The van der Waals surface area contributed by atoms with Crippen LogP contribution in [0, 0.1) is 6.92 Å². The molecule has 0 fully saturated rings. The van der Waals surface area contributed by atoms with E-state index < -0.39 is 10.0 Å². The molecule has 0 bridgehead atoms.